The van der Waals surface area contributed by atoms with Gasteiger partial charge in [0.2, 0.25) is 0 Å². The van der Waals surface area contributed by atoms with Gasteiger partial charge in [-0.25, -0.2) is 9.97 Å². The van der Waals surface area contributed by atoms with Crippen LogP contribution in [-0.2, 0) is 6.54 Å². The van der Waals surface area contributed by atoms with Gasteiger partial charge in [0.05, 0.1) is 27.8 Å². The summed E-state index contributed by atoms with van der Waals surface area (Å²) < 4.78 is 0. The molecule has 0 fully saturated rings. The van der Waals surface area contributed by atoms with Crippen molar-refractivity contribution in [2.75, 3.05) is 17.7 Å². The third-order valence-electron chi connectivity index (χ3n) is 2.43. The molecule has 2 aromatic heterocycles. The van der Waals surface area contributed by atoms with Crippen molar-refractivity contribution in [2.45, 2.75) is 13.5 Å². The molecule has 7 heteroatoms. The van der Waals surface area contributed by atoms with Crippen LogP contribution in [0.4, 0.5) is 11.6 Å². The fourth-order valence-electron chi connectivity index (χ4n) is 1.43. The minimum absolute atomic E-state index is 0.501. The van der Waals surface area contributed by atoms with Crippen molar-refractivity contribution in [1.82, 2.24) is 9.97 Å². The van der Waals surface area contributed by atoms with Crippen molar-refractivity contribution >= 4 is 46.2 Å². The highest BCUT2D eigenvalue weighted by Crippen LogP contribution is 2.29. The Kier molecular flexibility index (Phi) is 4.27. The van der Waals surface area contributed by atoms with Gasteiger partial charge in [-0.3, -0.25) is 0 Å². The third kappa shape index (κ3) is 2.85. The summed E-state index contributed by atoms with van der Waals surface area (Å²) in [5.41, 5.74) is 2.84. The number of pyridine rings is 1. The monoisotopic (exact) mass is 302 g/mol. The predicted octanol–water partition coefficient (Wildman–Crippen LogP) is 3.81. The quantitative estimate of drug-likeness (QED) is 0.902. The van der Waals surface area contributed by atoms with Crippen molar-refractivity contribution < 1.29 is 0 Å². The predicted molar refractivity (Wildman–Crippen MR) is 78.0 cm³/mol. The first-order valence-electron chi connectivity index (χ1n) is 5.28. The van der Waals surface area contributed by atoms with Crippen LogP contribution in [0.5, 0.6) is 0 Å². The molecule has 96 valence electrons. The smallest absolute Gasteiger partial charge is 0.147 e. The summed E-state index contributed by atoms with van der Waals surface area (Å²) in [6, 6.07) is 1.67. The Morgan fingerprint density at radius 3 is 2.61 bits per heavy atom. The molecule has 2 heterocycles. The van der Waals surface area contributed by atoms with E-state index in [1.54, 1.807) is 24.5 Å². The number of hydrogen-bond donors (Lipinski definition) is 2. The van der Waals surface area contributed by atoms with E-state index < -0.39 is 0 Å². The second-order valence-corrected chi connectivity index (χ2v) is 5.37. The zero-order valence-corrected chi connectivity index (χ0v) is 12.2. The molecule has 0 aromatic carbocycles. The lowest BCUT2D eigenvalue weighted by molar-refractivity contribution is 1.10. The summed E-state index contributed by atoms with van der Waals surface area (Å²) in [5, 5.41) is 7.11. The van der Waals surface area contributed by atoms with Gasteiger partial charge in [0.15, 0.2) is 0 Å². The fraction of sp³-hybridized carbons (Fsp3) is 0.273. The first kappa shape index (κ1) is 13.4. The van der Waals surface area contributed by atoms with Crippen LogP contribution in [0, 0.1) is 6.92 Å². The Morgan fingerprint density at radius 2 is 2.00 bits per heavy atom. The summed E-state index contributed by atoms with van der Waals surface area (Å²) in [4.78, 5) is 9.67. The minimum atomic E-state index is 0.501. The SMILES string of the molecule is CNc1nc(NCc2scnc2C)c(Cl)cc1Cl. The molecule has 0 bridgehead atoms. The van der Waals surface area contributed by atoms with E-state index in [4.69, 9.17) is 23.2 Å². The lowest BCUT2D eigenvalue weighted by atomic mass is 10.3. The van der Waals surface area contributed by atoms with Crippen LogP contribution in [0.2, 0.25) is 10.0 Å². The van der Waals surface area contributed by atoms with E-state index >= 15 is 0 Å². The zero-order chi connectivity index (χ0) is 13.1. The van der Waals surface area contributed by atoms with Gasteiger partial charge in [-0.1, -0.05) is 23.2 Å². The Hall–Kier alpha value is -1.04. The van der Waals surface area contributed by atoms with Crippen LogP contribution in [0.15, 0.2) is 11.6 Å². The summed E-state index contributed by atoms with van der Waals surface area (Å²) in [7, 11) is 1.76. The van der Waals surface area contributed by atoms with Gasteiger partial charge in [0.25, 0.3) is 0 Å². The van der Waals surface area contributed by atoms with E-state index in [2.05, 4.69) is 20.6 Å². The number of halogens is 2. The standard InChI is InChI=1S/C11H12Cl2N4S/c1-6-9(18-5-16-6)4-15-11-8(13)3-7(12)10(14-2)17-11/h3,5H,4H2,1-2H3,(H2,14,15,17). The van der Waals surface area contributed by atoms with Crippen molar-refractivity contribution in [1.29, 1.82) is 0 Å². The highest BCUT2D eigenvalue weighted by molar-refractivity contribution is 7.09. The second-order valence-electron chi connectivity index (χ2n) is 3.61. The highest BCUT2D eigenvalue weighted by Gasteiger charge is 2.09. The Balaban J connectivity index is 2.16. The molecule has 2 rings (SSSR count). The normalized spacial score (nSPS) is 10.4. The zero-order valence-electron chi connectivity index (χ0n) is 9.92. The van der Waals surface area contributed by atoms with E-state index in [-0.39, 0.29) is 0 Å². The molecule has 0 amide bonds. The van der Waals surface area contributed by atoms with Gasteiger partial charge >= 0.3 is 0 Å². The number of aromatic nitrogens is 2. The van der Waals surface area contributed by atoms with Crippen LogP contribution in [-0.4, -0.2) is 17.0 Å². The molecule has 4 nitrogen and oxygen atoms in total. The van der Waals surface area contributed by atoms with Crippen molar-refractivity contribution in [3.05, 3.63) is 32.2 Å². The number of nitrogens with one attached hydrogen (secondary N) is 2. The summed E-state index contributed by atoms with van der Waals surface area (Å²) in [6.07, 6.45) is 0. The lowest BCUT2D eigenvalue weighted by Gasteiger charge is -2.10. The van der Waals surface area contributed by atoms with Gasteiger partial charge < -0.3 is 10.6 Å². The molecule has 2 aromatic rings. The molecule has 18 heavy (non-hydrogen) atoms. The number of aryl methyl sites for hydroxylation is 1. The van der Waals surface area contributed by atoms with Gasteiger partial charge in [-0.2, -0.15) is 0 Å². The number of anilines is 2. The third-order valence-corrected chi connectivity index (χ3v) is 3.94. The van der Waals surface area contributed by atoms with E-state index in [9.17, 15) is 0 Å². The van der Waals surface area contributed by atoms with Gasteiger partial charge in [0.1, 0.15) is 11.6 Å². The van der Waals surface area contributed by atoms with E-state index in [1.165, 1.54) is 0 Å². The highest BCUT2D eigenvalue weighted by atomic mass is 35.5. The largest absolute Gasteiger partial charge is 0.372 e. The topological polar surface area (TPSA) is 49.8 Å². The van der Waals surface area contributed by atoms with Crippen LogP contribution in [0.3, 0.4) is 0 Å². The van der Waals surface area contributed by atoms with E-state index in [0.717, 1.165) is 10.6 Å². The molecule has 2 N–H and O–H groups in total. The van der Waals surface area contributed by atoms with Crippen LogP contribution < -0.4 is 10.6 Å². The lowest BCUT2D eigenvalue weighted by Crippen LogP contribution is -2.04. The maximum atomic E-state index is 6.09. The average Bonchev–Trinajstić information content (AvgIpc) is 2.74. The number of thiazole rings is 1. The minimum Gasteiger partial charge on any atom is -0.372 e. The molecular formula is C11H12Cl2N4S. The fourth-order valence-corrected chi connectivity index (χ4v) is 2.66. The first-order chi connectivity index (χ1) is 8.61. The van der Waals surface area contributed by atoms with Gasteiger partial charge in [-0.15, -0.1) is 11.3 Å². The molecule has 0 saturated carbocycles. The first-order valence-corrected chi connectivity index (χ1v) is 6.92. The van der Waals surface area contributed by atoms with Gasteiger partial charge in [-0.05, 0) is 13.0 Å². The molecule has 0 unspecified atom stereocenters. The maximum Gasteiger partial charge on any atom is 0.147 e. The molecular weight excluding hydrogens is 291 g/mol. The molecule has 0 aliphatic carbocycles. The van der Waals surface area contributed by atoms with Crippen LogP contribution >= 0.6 is 34.5 Å². The van der Waals surface area contributed by atoms with Crippen LogP contribution in [0.25, 0.3) is 0 Å². The molecule has 0 aliphatic heterocycles. The van der Waals surface area contributed by atoms with Crippen LogP contribution in [0.1, 0.15) is 10.6 Å². The average molecular weight is 303 g/mol. The Bertz CT molecular complexity index is 556. The van der Waals surface area contributed by atoms with Crippen molar-refractivity contribution in [3.63, 3.8) is 0 Å². The maximum absolute atomic E-state index is 6.09. The number of hydrogen-bond acceptors (Lipinski definition) is 5. The van der Waals surface area contributed by atoms with Crippen molar-refractivity contribution in [3.8, 4) is 0 Å². The van der Waals surface area contributed by atoms with E-state index in [0.29, 0.717) is 28.2 Å². The summed E-state index contributed by atoms with van der Waals surface area (Å²) in [5.74, 6) is 1.21. The molecule has 0 atom stereocenters. The summed E-state index contributed by atoms with van der Waals surface area (Å²) in [6.45, 7) is 2.62. The van der Waals surface area contributed by atoms with Crippen molar-refractivity contribution in [2.24, 2.45) is 0 Å². The van der Waals surface area contributed by atoms with E-state index in [1.807, 2.05) is 12.4 Å². The summed E-state index contributed by atoms with van der Waals surface area (Å²) >= 11 is 13.7. The van der Waals surface area contributed by atoms with Gasteiger partial charge in [0, 0.05) is 11.9 Å². The Morgan fingerprint density at radius 1 is 1.28 bits per heavy atom. The molecule has 0 radical (unpaired) electrons. The number of rotatable bonds is 4. The second kappa shape index (κ2) is 5.73. The number of nitrogens with zero attached hydrogens (tertiary/aromatic N) is 2. The molecule has 0 saturated heterocycles. The Labute approximate surface area is 119 Å². The molecule has 0 aliphatic rings. The molecule has 0 spiro atoms.